The van der Waals surface area contributed by atoms with Gasteiger partial charge in [0.15, 0.2) is 0 Å². The summed E-state index contributed by atoms with van der Waals surface area (Å²) in [5.41, 5.74) is 0. The number of unbranched alkanes of at least 4 members (excludes halogenated alkanes) is 1. The summed E-state index contributed by atoms with van der Waals surface area (Å²) in [7, 11) is -4.95. The molecule has 1 fully saturated rings. The highest BCUT2D eigenvalue weighted by Gasteiger charge is 2.58. The number of nitrogens with one attached hydrogen (secondary N) is 1. The summed E-state index contributed by atoms with van der Waals surface area (Å²) in [6.45, 7) is -0.151. The first-order valence-corrected chi connectivity index (χ1v) is 8.10. The van der Waals surface area contributed by atoms with Crippen LogP contribution < -0.4 is 5.32 Å². The van der Waals surface area contributed by atoms with E-state index in [-0.39, 0.29) is 19.6 Å². The van der Waals surface area contributed by atoms with Gasteiger partial charge in [-0.15, -0.1) is 0 Å². The number of ether oxygens (including phenoxy) is 1. The Morgan fingerprint density at radius 2 is 1.78 bits per heavy atom. The van der Waals surface area contributed by atoms with E-state index < -0.39 is 45.1 Å². The Morgan fingerprint density at radius 3 is 2.26 bits per heavy atom. The standard InChI is InChI=1S/C12H14N2O8S/c15-8-7-12(11(18)13-8,23(19,20)21)22-6-2-1-5-14-9(16)3-4-10(14)17/h3-4H,1-2,5-7H2,(H,13,15,18)(H,19,20,21). The maximum Gasteiger partial charge on any atom is 0.305 e. The van der Waals surface area contributed by atoms with Gasteiger partial charge in [0, 0.05) is 25.3 Å². The first-order valence-electron chi connectivity index (χ1n) is 6.66. The van der Waals surface area contributed by atoms with Gasteiger partial charge >= 0.3 is 10.1 Å². The molecule has 0 radical (unpaired) electrons. The van der Waals surface area contributed by atoms with Gasteiger partial charge in [-0.25, -0.2) is 0 Å². The molecule has 1 atom stereocenters. The van der Waals surface area contributed by atoms with Crippen molar-refractivity contribution < 1.29 is 36.9 Å². The topological polar surface area (TPSA) is 147 Å². The first kappa shape index (κ1) is 17.2. The monoisotopic (exact) mass is 346 g/mol. The normalized spacial score (nSPS) is 24.7. The quantitative estimate of drug-likeness (QED) is 0.316. The Labute approximate surface area is 131 Å². The van der Waals surface area contributed by atoms with Crippen molar-refractivity contribution in [2.75, 3.05) is 13.2 Å². The fourth-order valence-electron chi connectivity index (χ4n) is 2.22. The molecule has 2 heterocycles. The molecule has 0 aliphatic carbocycles. The fourth-order valence-corrected chi connectivity index (χ4v) is 3.05. The van der Waals surface area contributed by atoms with Gasteiger partial charge in [-0.05, 0) is 12.8 Å². The molecule has 2 aliphatic heterocycles. The number of amides is 4. The largest absolute Gasteiger partial charge is 0.349 e. The van der Waals surface area contributed by atoms with Crippen molar-refractivity contribution in [3.8, 4) is 0 Å². The maximum absolute atomic E-state index is 11.6. The molecule has 4 amide bonds. The van der Waals surface area contributed by atoms with Crippen LogP contribution in [0.25, 0.3) is 0 Å². The Hall–Kier alpha value is -2.11. The minimum absolute atomic E-state index is 0.109. The number of hydrogen-bond donors (Lipinski definition) is 2. The molecule has 10 nitrogen and oxygen atoms in total. The number of nitrogens with zero attached hydrogens (tertiary/aromatic N) is 1. The lowest BCUT2D eigenvalue weighted by Gasteiger charge is -2.22. The Morgan fingerprint density at radius 1 is 1.17 bits per heavy atom. The lowest BCUT2D eigenvalue weighted by molar-refractivity contribution is -0.137. The van der Waals surface area contributed by atoms with Gasteiger partial charge in [0.05, 0.1) is 6.42 Å². The van der Waals surface area contributed by atoms with Gasteiger partial charge in [0.25, 0.3) is 22.7 Å². The van der Waals surface area contributed by atoms with Crippen LogP contribution in [0.2, 0.25) is 0 Å². The minimum Gasteiger partial charge on any atom is -0.349 e. The molecule has 1 unspecified atom stereocenters. The molecule has 0 aromatic heterocycles. The summed E-state index contributed by atoms with van der Waals surface area (Å²) >= 11 is 0. The first-order chi connectivity index (χ1) is 10.7. The van der Waals surface area contributed by atoms with Crippen molar-refractivity contribution in [1.82, 2.24) is 10.2 Å². The molecule has 0 bridgehead atoms. The number of carbonyl (C=O) groups excluding carboxylic acids is 4. The van der Waals surface area contributed by atoms with Crippen LogP contribution in [0.1, 0.15) is 19.3 Å². The van der Waals surface area contributed by atoms with Crippen molar-refractivity contribution in [2.24, 2.45) is 0 Å². The van der Waals surface area contributed by atoms with Crippen LogP contribution in [0.4, 0.5) is 0 Å². The summed E-state index contributed by atoms with van der Waals surface area (Å²) in [5, 5.41) is 1.76. The molecule has 0 aromatic carbocycles. The Balaban J connectivity index is 1.87. The van der Waals surface area contributed by atoms with E-state index in [4.69, 9.17) is 4.74 Å². The van der Waals surface area contributed by atoms with Crippen LogP contribution in [0.3, 0.4) is 0 Å². The van der Waals surface area contributed by atoms with Crippen LogP contribution in [-0.2, 0) is 34.0 Å². The highest BCUT2D eigenvalue weighted by molar-refractivity contribution is 7.88. The fraction of sp³-hybridized carbons (Fsp3) is 0.500. The summed E-state index contributed by atoms with van der Waals surface area (Å²) in [6, 6.07) is 0. The molecule has 2 rings (SSSR count). The second-order valence-corrected chi connectivity index (χ2v) is 6.61. The second-order valence-electron chi connectivity index (χ2n) is 5.00. The van der Waals surface area contributed by atoms with Crippen LogP contribution in [0, 0.1) is 0 Å². The highest BCUT2D eigenvalue weighted by atomic mass is 32.2. The molecule has 0 aromatic rings. The van der Waals surface area contributed by atoms with Crippen LogP contribution >= 0.6 is 0 Å². The van der Waals surface area contributed by atoms with Crippen molar-refractivity contribution in [3.63, 3.8) is 0 Å². The molecule has 0 spiro atoms. The van der Waals surface area contributed by atoms with E-state index >= 15 is 0 Å². The zero-order chi connectivity index (χ0) is 17.3. The van der Waals surface area contributed by atoms with E-state index in [9.17, 15) is 32.1 Å². The molecule has 126 valence electrons. The lowest BCUT2D eigenvalue weighted by Crippen LogP contribution is -2.48. The van der Waals surface area contributed by atoms with E-state index in [2.05, 4.69) is 0 Å². The van der Waals surface area contributed by atoms with Gasteiger partial charge < -0.3 is 4.74 Å². The maximum atomic E-state index is 11.6. The number of hydrogen-bond acceptors (Lipinski definition) is 7. The third-order valence-corrected chi connectivity index (χ3v) is 4.70. The van der Waals surface area contributed by atoms with Gasteiger partial charge in [0.2, 0.25) is 5.91 Å². The van der Waals surface area contributed by atoms with E-state index in [1.165, 1.54) is 0 Å². The summed E-state index contributed by atoms with van der Waals surface area (Å²) in [4.78, 5) is 43.8. The summed E-state index contributed by atoms with van der Waals surface area (Å²) in [6.07, 6.45) is 1.96. The highest BCUT2D eigenvalue weighted by Crippen LogP contribution is 2.28. The van der Waals surface area contributed by atoms with E-state index in [0.717, 1.165) is 17.1 Å². The molecular formula is C12H14N2O8S. The van der Waals surface area contributed by atoms with Gasteiger partial charge in [-0.2, -0.15) is 8.42 Å². The third-order valence-electron chi connectivity index (χ3n) is 3.42. The number of rotatable bonds is 7. The molecule has 23 heavy (non-hydrogen) atoms. The van der Waals surface area contributed by atoms with E-state index in [1.807, 2.05) is 0 Å². The zero-order valence-corrected chi connectivity index (χ0v) is 12.7. The van der Waals surface area contributed by atoms with Crippen molar-refractivity contribution in [2.45, 2.75) is 24.2 Å². The molecule has 11 heteroatoms. The molecule has 0 saturated carbocycles. The van der Waals surface area contributed by atoms with Crippen LogP contribution in [0.15, 0.2) is 12.2 Å². The van der Waals surface area contributed by atoms with Crippen molar-refractivity contribution in [1.29, 1.82) is 0 Å². The number of carbonyl (C=O) groups is 4. The average molecular weight is 346 g/mol. The molecule has 2 N–H and O–H groups in total. The minimum atomic E-state index is -4.95. The summed E-state index contributed by atoms with van der Waals surface area (Å²) < 4.78 is 36.9. The molecule has 1 saturated heterocycles. The molecule has 2 aliphatic rings. The third kappa shape index (κ3) is 3.30. The summed E-state index contributed by atoms with van der Waals surface area (Å²) in [5.74, 6) is -2.98. The Kier molecular flexibility index (Phi) is 4.63. The van der Waals surface area contributed by atoms with Crippen LogP contribution in [0.5, 0.6) is 0 Å². The second kappa shape index (κ2) is 6.18. The Bertz CT molecular complexity index is 680. The zero-order valence-electron chi connectivity index (χ0n) is 11.9. The predicted molar refractivity (Wildman–Crippen MR) is 73.1 cm³/mol. The number of imide groups is 2. The van der Waals surface area contributed by atoms with E-state index in [1.54, 1.807) is 5.32 Å². The smallest absolute Gasteiger partial charge is 0.305 e. The van der Waals surface area contributed by atoms with Crippen LogP contribution in [-0.4, -0.2) is 59.6 Å². The van der Waals surface area contributed by atoms with E-state index in [0.29, 0.717) is 6.42 Å². The van der Waals surface area contributed by atoms with Gasteiger partial charge in [0.1, 0.15) is 0 Å². The molecular weight excluding hydrogens is 332 g/mol. The van der Waals surface area contributed by atoms with Gasteiger partial charge in [-0.3, -0.25) is 33.9 Å². The lowest BCUT2D eigenvalue weighted by atomic mass is 10.2. The SMILES string of the molecule is O=C1CC(OCCCCN2C(=O)C=CC2=O)(S(=O)(=O)O)C(=O)N1. The predicted octanol–water partition coefficient (Wildman–Crippen LogP) is -1.66. The van der Waals surface area contributed by atoms with Crippen molar-refractivity contribution in [3.05, 3.63) is 12.2 Å². The van der Waals surface area contributed by atoms with Crippen molar-refractivity contribution >= 4 is 33.7 Å². The van der Waals surface area contributed by atoms with Gasteiger partial charge in [-0.1, -0.05) is 0 Å². The average Bonchev–Trinajstić information content (AvgIpc) is 2.91.